The largest absolute Gasteiger partial charge is 0.394 e. The molecule has 3 aromatic rings. The minimum Gasteiger partial charge on any atom is -0.394 e. The fourth-order valence-electron chi connectivity index (χ4n) is 3.30. The summed E-state index contributed by atoms with van der Waals surface area (Å²) in [6, 6.07) is 17.3. The average Bonchev–Trinajstić information content (AvgIpc) is 3.35. The number of amides is 1. The number of anilines is 1. The Balaban J connectivity index is 1.83. The van der Waals surface area contributed by atoms with Crippen molar-refractivity contribution >= 4 is 34.5 Å². The molecule has 1 aromatic heterocycles. The van der Waals surface area contributed by atoms with Crippen LogP contribution in [0.1, 0.15) is 31.2 Å². The van der Waals surface area contributed by atoms with Crippen LogP contribution in [0.15, 0.2) is 84.1 Å². The van der Waals surface area contributed by atoms with E-state index in [0.29, 0.717) is 23.8 Å². The number of thiazole rings is 1. The highest BCUT2D eigenvalue weighted by Gasteiger charge is 2.19. The Bertz CT molecular complexity index is 1280. The zero-order valence-electron chi connectivity index (χ0n) is 22.2. The first-order chi connectivity index (χ1) is 17.5. The van der Waals surface area contributed by atoms with Gasteiger partial charge in [0.25, 0.3) is 5.91 Å². The molecule has 7 nitrogen and oxygen atoms in total. The minimum absolute atomic E-state index is 0.000346. The smallest absolute Gasteiger partial charge is 0.271 e. The first-order valence-corrected chi connectivity index (χ1v) is 12.9. The third-order valence-electron chi connectivity index (χ3n) is 5.43. The van der Waals surface area contributed by atoms with E-state index in [1.54, 1.807) is 17.4 Å². The first-order valence-electron chi connectivity index (χ1n) is 12.1. The van der Waals surface area contributed by atoms with Gasteiger partial charge in [-0.05, 0) is 37.2 Å². The number of hydrogen-bond donors (Lipinski definition) is 3. The monoisotopic (exact) mass is 516 g/mol. The van der Waals surface area contributed by atoms with Crippen LogP contribution in [-0.2, 0) is 10.2 Å². The van der Waals surface area contributed by atoms with Gasteiger partial charge in [-0.1, -0.05) is 69.8 Å². The second kappa shape index (κ2) is 12.5. The van der Waals surface area contributed by atoms with Crippen LogP contribution in [0.2, 0.25) is 0 Å². The Morgan fingerprint density at radius 2 is 1.81 bits per heavy atom. The highest BCUT2D eigenvalue weighted by molar-refractivity contribution is 7.15. The van der Waals surface area contributed by atoms with Gasteiger partial charge in [0.15, 0.2) is 0 Å². The highest BCUT2D eigenvalue weighted by atomic mass is 32.1. The summed E-state index contributed by atoms with van der Waals surface area (Å²) in [6.07, 6.45) is 3.44. The van der Waals surface area contributed by atoms with E-state index in [2.05, 4.69) is 52.9 Å². The molecule has 3 rings (SSSR count). The molecule has 37 heavy (non-hydrogen) atoms. The molecule has 0 aliphatic rings. The molecule has 0 unspecified atom stereocenters. The molecule has 194 valence electrons. The summed E-state index contributed by atoms with van der Waals surface area (Å²) in [5, 5.41) is 7.04. The molecular formula is C29H36N6OS. The Hall–Kier alpha value is -3.75. The van der Waals surface area contributed by atoms with E-state index < -0.39 is 5.91 Å². The number of benzene rings is 2. The molecule has 8 heteroatoms. The van der Waals surface area contributed by atoms with Crippen LogP contribution >= 0.6 is 11.3 Å². The predicted molar refractivity (Wildman–Crippen MR) is 157 cm³/mol. The number of nitrogens with two attached hydrogens (primary N) is 1. The molecule has 0 saturated carbocycles. The predicted octanol–water partition coefficient (Wildman–Crippen LogP) is 5.11. The molecule has 0 atom stereocenters. The Kier molecular flexibility index (Phi) is 9.38. The lowest BCUT2D eigenvalue weighted by molar-refractivity contribution is -0.112. The Morgan fingerprint density at radius 3 is 2.46 bits per heavy atom. The van der Waals surface area contributed by atoms with E-state index in [4.69, 9.17) is 5.73 Å². The molecule has 0 aliphatic carbocycles. The second-order valence-electron chi connectivity index (χ2n) is 9.92. The molecule has 1 heterocycles. The first kappa shape index (κ1) is 27.8. The zero-order chi connectivity index (χ0) is 27.0. The summed E-state index contributed by atoms with van der Waals surface area (Å²) in [5.74, 6) is 0.0406. The van der Waals surface area contributed by atoms with Crippen molar-refractivity contribution < 1.29 is 4.79 Å². The number of nitrogens with zero attached hydrogens (tertiary/aromatic N) is 3. The van der Waals surface area contributed by atoms with E-state index in [1.165, 1.54) is 4.88 Å². The minimum atomic E-state index is -0.424. The lowest BCUT2D eigenvalue weighted by atomic mass is 9.96. The van der Waals surface area contributed by atoms with Crippen molar-refractivity contribution in [1.29, 1.82) is 0 Å². The summed E-state index contributed by atoms with van der Waals surface area (Å²) >= 11 is 1.62. The topological polar surface area (TPSA) is 95.6 Å². The van der Waals surface area contributed by atoms with Crippen molar-refractivity contribution in [3.8, 4) is 10.6 Å². The number of likely N-dealkylation sites (N-methyl/N-ethyl adjacent to an activating group) is 1. The molecule has 0 fully saturated rings. The van der Waals surface area contributed by atoms with Gasteiger partial charge in [-0.2, -0.15) is 0 Å². The standard InChI is InChI=1S/C29H36N6OS/c1-20(21-12-8-7-9-13-21)33-26(31-16-17-35(5)6)18-23(30)27(36)34-24-15-11-10-14-22(24)28-32-19-25(37-28)29(2,3)4/h7-15,18-19H,1,16-17,30H2,2-6H3,(H,31,33)(H,34,36)/b23-18-. The fourth-order valence-corrected chi connectivity index (χ4v) is 4.32. The normalized spacial score (nSPS) is 12.5. The van der Waals surface area contributed by atoms with E-state index in [1.807, 2.05) is 74.9 Å². The van der Waals surface area contributed by atoms with Gasteiger partial charge in [-0.25, -0.2) is 9.98 Å². The number of hydrogen-bond acceptors (Lipinski definition) is 6. The number of aliphatic imine (C=N–C) groups is 1. The van der Waals surface area contributed by atoms with Crippen LogP contribution in [0.5, 0.6) is 0 Å². The van der Waals surface area contributed by atoms with Gasteiger partial charge in [0, 0.05) is 35.8 Å². The van der Waals surface area contributed by atoms with E-state index in [0.717, 1.165) is 22.7 Å². The van der Waals surface area contributed by atoms with Crippen molar-refractivity contribution in [2.45, 2.75) is 26.2 Å². The average molecular weight is 517 g/mol. The van der Waals surface area contributed by atoms with Crippen LogP contribution < -0.4 is 16.4 Å². The molecule has 0 spiro atoms. The third kappa shape index (κ3) is 8.13. The molecule has 1 amide bonds. The third-order valence-corrected chi connectivity index (χ3v) is 6.89. The molecule has 4 N–H and O–H groups in total. The van der Waals surface area contributed by atoms with E-state index in [-0.39, 0.29) is 11.1 Å². The van der Waals surface area contributed by atoms with Crippen LogP contribution in [0.3, 0.4) is 0 Å². The number of carbonyl (C=O) groups excluding carboxylic acids is 1. The van der Waals surface area contributed by atoms with Crippen LogP contribution in [0.25, 0.3) is 16.3 Å². The van der Waals surface area contributed by atoms with Gasteiger partial charge in [-0.15, -0.1) is 11.3 Å². The van der Waals surface area contributed by atoms with Crippen molar-refractivity contribution in [2.75, 3.05) is 32.5 Å². The molecule has 0 aliphatic heterocycles. The summed E-state index contributed by atoms with van der Waals surface area (Å²) in [7, 11) is 3.98. The SMILES string of the molecule is C=C(/N=C(\C=C(/N)C(=O)Nc1ccccc1-c1ncc(C(C)(C)C)s1)NCCN(C)C)c1ccccc1. The van der Waals surface area contributed by atoms with Crippen LogP contribution in [0, 0.1) is 0 Å². The number of carbonyl (C=O) groups is 1. The van der Waals surface area contributed by atoms with Gasteiger partial charge in [0.1, 0.15) is 16.5 Å². The second-order valence-corrected chi connectivity index (χ2v) is 10.9. The van der Waals surface area contributed by atoms with Crippen LogP contribution in [0.4, 0.5) is 5.69 Å². The number of amidine groups is 1. The number of aromatic nitrogens is 1. The fraction of sp³-hybridized carbons (Fsp3) is 0.276. The number of rotatable bonds is 9. The van der Waals surface area contributed by atoms with Crippen LogP contribution in [-0.4, -0.2) is 48.8 Å². The van der Waals surface area contributed by atoms with Gasteiger partial charge in [0.2, 0.25) is 0 Å². The van der Waals surface area contributed by atoms with Gasteiger partial charge in [-0.3, -0.25) is 4.79 Å². The molecule has 2 aromatic carbocycles. The molecular weight excluding hydrogens is 480 g/mol. The van der Waals surface area contributed by atoms with Crippen molar-refractivity contribution in [3.63, 3.8) is 0 Å². The van der Waals surface area contributed by atoms with E-state index >= 15 is 0 Å². The summed E-state index contributed by atoms with van der Waals surface area (Å²) < 4.78 is 0. The number of para-hydroxylation sites is 1. The Labute approximate surface area is 223 Å². The summed E-state index contributed by atoms with van der Waals surface area (Å²) in [6.45, 7) is 12.0. The van der Waals surface area contributed by atoms with Crippen molar-refractivity contribution in [2.24, 2.45) is 10.7 Å². The summed E-state index contributed by atoms with van der Waals surface area (Å²) in [4.78, 5) is 25.5. The maximum atomic E-state index is 13.1. The lowest BCUT2D eigenvalue weighted by Gasteiger charge is -2.14. The molecule has 0 bridgehead atoms. The Morgan fingerprint density at radius 1 is 1.14 bits per heavy atom. The maximum Gasteiger partial charge on any atom is 0.271 e. The van der Waals surface area contributed by atoms with Gasteiger partial charge >= 0.3 is 0 Å². The molecule has 0 saturated heterocycles. The summed E-state index contributed by atoms with van der Waals surface area (Å²) in [5.41, 5.74) is 9.22. The van der Waals surface area contributed by atoms with Crippen molar-refractivity contribution in [1.82, 2.24) is 15.2 Å². The number of nitrogens with one attached hydrogen (secondary N) is 2. The molecule has 0 radical (unpaired) electrons. The van der Waals surface area contributed by atoms with Crippen molar-refractivity contribution in [3.05, 3.63) is 89.6 Å². The maximum absolute atomic E-state index is 13.1. The van der Waals surface area contributed by atoms with Gasteiger partial charge in [0.05, 0.1) is 11.4 Å². The van der Waals surface area contributed by atoms with E-state index in [9.17, 15) is 4.79 Å². The van der Waals surface area contributed by atoms with Gasteiger partial charge < -0.3 is 21.3 Å². The lowest BCUT2D eigenvalue weighted by Crippen LogP contribution is -2.32. The quantitative estimate of drug-likeness (QED) is 0.209. The zero-order valence-corrected chi connectivity index (χ0v) is 23.0. The highest BCUT2D eigenvalue weighted by Crippen LogP contribution is 2.36.